The van der Waals surface area contributed by atoms with E-state index in [0.29, 0.717) is 6.54 Å². The van der Waals surface area contributed by atoms with Crippen molar-refractivity contribution in [2.24, 2.45) is 5.92 Å². The van der Waals surface area contributed by atoms with Crippen LogP contribution in [0.2, 0.25) is 0 Å². The number of benzene rings is 1. The number of ether oxygens (including phenoxy) is 1. The van der Waals surface area contributed by atoms with E-state index in [0.717, 1.165) is 17.7 Å². The van der Waals surface area contributed by atoms with Gasteiger partial charge in [0.1, 0.15) is 6.04 Å². The number of nitrogens with one attached hydrogen (secondary N) is 1. The number of rotatable bonds is 2. The van der Waals surface area contributed by atoms with Gasteiger partial charge in [0.05, 0.1) is 13.7 Å². The maximum Gasteiger partial charge on any atom is 0.410 e. The summed E-state index contributed by atoms with van der Waals surface area (Å²) in [6.45, 7) is 4.35. The van der Waals surface area contributed by atoms with Crippen LogP contribution in [0.1, 0.15) is 25.8 Å². The molecule has 2 amide bonds. The van der Waals surface area contributed by atoms with Gasteiger partial charge in [0.2, 0.25) is 5.91 Å². The minimum absolute atomic E-state index is 0.0587. The topological polar surface area (TPSA) is 58.6 Å². The molecular formula is C15H20N2O3. The van der Waals surface area contributed by atoms with Crippen molar-refractivity contribution in [2.45, 2.75) is 32.9 Å². The van der Waals surface area contributed by atoms with Crippen LogP contribution < -0.4 is 5.32 Å². The van der Waals surface area contributed by atoms with Crippen LogP contribution in [0.5, 0.6) is 0 Å². The lowest BCUT2D eigenvalue weighted by Gasteiger charge is -2.31. The smallest absolute Gasteiger partial charge is 0.410 e. The SMILES string of the molecule is CCC(C)C1C(=O)Nc2ccccc2CN1C(=O)OC. The maximum absolute atomic E-state index is 12.4. The van der Waals surface area contributed by atoms with Crippen LogP contribution in [0.4, 0.5) is 10.5 Å². The monoisotopic (exact) mass is 276 g/mol. The Morgan fingerprint density at radius 3 is 2.85 bits per heavy atom. The van der Waals surface area contributed by atoms with E-state index in [9.17, 15) is 9.59 Å². The fourth-order valence-electron chi connectivity index (χ4n) is 2.49. The van der Waals surface area contributed by atoms with E-state index < -0.39 is 12.1 Å². The van der Waals surface area contributed by atoms with Gasteiger partial charge in [-0.25, -0.2) is 4.79 Å². The molecule has 0 saturated carbocycles. The highest BCUT2D eigenvalue weighted by Gasteiger charge is 2.37. The first-order chi connectivity index (χ1) is 9.58. The van der Waals surface area contributed by atoms with E-state index in [4.69, 9.17) is 4.74 Å². The number of carbonyl (C=O) groups excluding carboxylic acids is 2. The van der Waals surface area contributed by atoms with Gasteiger partial charge in [-0.2, -0.15) is 0 Å². The number of hydrogen-bond acceptors (Lipinski definition) is 3. The first-order valence-electron chi connectivity index (χ1n) is 6.81. The van der Waals surface area contributed by atoms with E-state index in [1.165, 1.54) is 12.0 Å². The Morgan fingerprint density at radius 2 is 2.20 bits per heavy atom. The molecule has 2 unspecified atom stereocenters. The molecule has 5 heteroatoms. The third-order valence-corrected chi connectivity index (χ3v) is 3.81. The van der Waals surface area contributed by atoms with E-state index in [1.54, 1.807) is 0 Å². The van der Waals surface area contributed by atoms with Crippen LogP contribution >= 0.6 is 0 Å². The molecule has 1 aliphatic heterocycles. The molecule has 0 aliphatic carbocycles. The summed E-state index contributed by atoms with van der Waals surface area (Å²) in [5.41, 5.74) is 1.68. The van der Waals surface area contributed by atoms with Crippen LogP contribution in [0, 0.1) is 5.92 Å². The number of carbonyl (C=O) groups is 2. The van der Waals surface area contributed by atoms with Gasteiger partial charge < -0.3 is 10.1 Å². The van der Waals surface area contributed by atoms with Gasteiger partial charge in [0, 0.05) is 5.69 Å². The van der Waals surface area contributed by atoms with Crippen molar-refractivity contribution in [3.8, 4) is 0 Å². The summed E-state index contributed by atoms with van der Waals surface area (Å²) in [7, 11) is 1.34. The van der Waals surface area contributed by atoms with Crippen LogP contribution in [-0.4, -0.2) is 30.1 Å². The van der Waals surface area contributed by atoms with Gasteiger partial charge in [-0.3, -0.25) is 9.69 Å². The molecule has 2 atom stereocenters. The van der Waals surface area contributed by atoms with E-state index in [-0.39, 0.29) is 11.8 Å². The molecule has 5 nitrogen and oxygen atoms in total. The summed E-state index contributed by atoms with van der Waals surface area (Å²) in [4.78, 5) is 26.0. The average Bonchev–Trinajstić information content (AvgIpc) is 2.61. The Hall–Kier alpha value is -2.04. The highest BCUT2D eigenvalue weighted by atomic mass is 16.5. The van der Waals surface area contributed by atoms with Gasteiger partial charge in [0.25, 0.3) is 0 Å². The number of fused-ring (bicyclic) bond motifs is 1. The van der Waals surface area contributed by atoms with Crippen LogP contribution in [0.15, 0.2) is 24.3 Å². The van der Waals surface area contributed by atoms with Crippen molar-refractivity contribution in [3.05, 3.63) is 29.8 Å². The molecule has 0 fully saturated rings. The molecule has 108 valence electrons. The molecule has 1 N–H and O–H groups in total. The van der Waals surface area contributed by atoms with Gasteiger partial charge in [-0.15, -0.1) is 0 Å². The Labute approximate surface area is 118 Å². The molecule has 1 aromatic carbocycles. The van der Waals surface area contributed by atoms with Crippen molar-refractivity contribution in [1.29, 1.82) is 0 Å². The van der Waals surface area contributed by atoms with Crippen molar-refractivity contribution >= 4 is 17.7 Å². The maximum atomic E-state index is 12.4. The molecular weight excluding hydrogens is 256 g/mol. The summed E-state index contributed by atoms with van der Waals surface area (Å²) in [6.07, 6.45) is 0.337. The predicted molar refractivity (Wildman–Crippen MR) is 76.3 cm³/mol. The second-order valence-electron chi connectivity index (χ2n) is 5.07. The van der Waals surface area contributed by atoms with E-state index >= 15 is 0 Å². The third kappa shape index (κ3) is 2.61. The lowest BCUT2D eigenvalue weighted by Crippen LogP contribution is -2.48. The number of methoxy groups -OCH3 is 1. The summed E-state index contributed by atoms with van der Waals surface area (Å²) < 4.78 is 4.84. The van der Waals surface area contributed by atoms with Crippen molar-refractivity contribution in [1.82, 2.24) is 4.90 Å². The predicted octanol–water partition coefficient (Wildman–Crippen LogP) is 2.62. The van der Waals surface area contributed by atoms with Crippen LogP contribution in [-0.2, 0) is 16.1 Å². The van der Waals surface area contributed by atoms with Gasteiger partial charge in [-0.05, 0) is 17.5 Å². The quantitative estimate of drug-likeness (QED) is 0.903. The normalized spacial score (nSPS) is 19.6. The lowest BCUT2D eigenvalue weighted by atomic mass is 9.97. The molecule has 2 rings (SSSR count). The summed E-state index contributed by atoms with van der Waals surface area (Å²) in [5, 5.41) is 2.91. The second kappa shape index (κ2) is 5.94. The second-order valence-corrected chi connectivity index (χ2v) is 5.07. The summed E-state index contributed by atoms with van der Waals surface area (Å²) in [5.74, 6) is -0.0990. The Bertz CT molecular complexity index is 516. The number of nitrogens with zero attached hydrogens (tertiary/aromatic N) is 1. The molecule has 0 radical (unpaired) electrons. The summed E-state index contributed by atoms with van der Waals surface area (Å²) in [6, 6.07) is 7.00. The molecule has 0 bridgehead atoms. The Balaban J connectivity index is 2.42. The highest BCUT2D eigenvalue weighted by Crippen LogP contribution is 2.27. The zero-order chi connectivity index (χ0) is 14.7. The Morgan fingerprint density at radius 1 is 1.50 bits per heavy atom. The fraction of sp³-hybridized carbons (Fsp3) is 0.467. The van der Waals surface area contributed by atoms with Crippen molar-refractivity contribution in [2.75, 3.05) is 12.4 Å². The van der Waals surface area contributed by atoms with E-state index in [2.05, 4.69) is 5.32 Å². The van der Waals surface area contributed by atoms with Gasteiger partial charge in [-0.1, -0.05) is 38.5 Å². The lowest BCUT2D eigenvalue weighted by molar-refractivity contribution is -0.122. The zero-order valence-corrected chi connectivity index (χ0v) is 12.1. The molecule has 20 heavy (non-hydrogen) atoms. The first kappa shape index (κ1) is 14.4. The van der Waals surface area contributed by atoms with Gasteiger partial charge >= 0.3 is 6.09 Å². The molecule has 1 aromatic rings. The number of anilines is 1. The molecule has 0 saturated heterocycles. The molecule has 1 aliphatic rings. The van der Waals surface area contributed by atoms with Crippen molar-refractivity contribution in [3.63, 3.8) is 0 Å². The third-order valence-electron chi connectivity index (χ3n) is 3.81. The first-order valence-corrected chi connectivity index (χ1v) is 6.81. The van der Waals surface area contributed by atoms with Gasteiger partial charge in [0.15, 0.2) is 0 Å². The number of amides is 2. The highest BCUT2D eigenvalue weighted by molar-refractivity contribution is 5.98. The average molecular weight is 276 g/mol. The van der Waals surface area contributed by atoms with Crippen molar-refractivity contribution < 1.29 is 14.3 Å². The molecule has 0 aromatic heterocycles. The fourth-order valence-corrected chi connectivity index (χ4v) is 2.49. The van der Waals surface area contributed by atoms with Crippen LogP contribution in [0.25, 0.3) is 0 Å². The minimum Gasteiger partial charge on any atom is -0.453 e. The molecule has 1 heterocycles. The number of para-hydroxylation sites is 1. The largest absolute Gasteiger partial charge is 0.453 e. The minimum atomic E-state index is -0.514. The Kier molecular flexibility index (Phi) is 4.27. The summed E-state index contributed by atoms with van der Waals surface area (Å²) >= 11 is 0. The molecule has 0 spiro atoms. The number of hydrogen-bond donors (Lipinski definition) is 1. The van der Waals surface area contributed by atoms with E-state index in [1.807, 2.05) is 38.1 Å². The zero-order valence-electron chi connectivity index (χ0n) is 12.1. The van der Waals surface area contributed by atoms with Crippen LogP contribution in [0.3, 0.4) is 0 Å². The standard InChI is InChI=1S/C15H20N2O3/c1-4-10(2)13-14(18)16-12-8-6-5-7-11(12)9-17(13)15(19)20-3/h5-8,10,13H,4,9H2,1-3H3,(H,16,18).